The maximum absolute atomic E-state index is 13.6. The van der Waals surface area contributed by atoms with Crippen LogP contribution in [0.4, 0.5) is 5.69 Å². The predicted molar refractivity (Wildman–Crippen MR) is 173 cm³/mol. The van der Waals surface area contributed by atoms with Gasteiger partial charge in [0.15, 0.2) is 12.4 Å². The molecule has 9 nitrogen and oxygen atoms in total. The highest BCUT2D eigenvalue weighted by Crippen LogP contribution is 2.32. The summed E-state index contributed by atoms with van der Waals surface area (Å²) >= 11 is 0. The Balaban J connectivity index is 1.06. The van der Waals surface area contributed by atoms with Gasteiger partial charge in [-0.1, -0.05) is 60.7 Å². The van der Waals surface area contributed by atoms with Gasteiger partial charge in [-0.2, -0.15) is 0 Å². The maximum Gasteiger partial charge on any atom is 0.338 e. The van der Waals surface area contributed by atoms with Gasteiger partial charge >= 0.3 is 5.97 Å². The number of esters is 1. The zero-order valence-corrected chi connectivity index (χ0v) is 25.6. The Labute approximate surface area is 267 Å². The lowest BCUT2D eigenvalue weighted by Gasteiger charge is -2.41. The van der Waals surface area contributed by atoms with E-state index in [9.17, 15) is 19.2 Å². The molecule has 2 fully saturated rings. The number of amides is 2. The summed E-state index contributed by atoms with van der Waals surface area (Å²) in [5.41, 5.74) is 3.45. The molecule has 0 bridgehead atoms. The standard InChI is InChI=1S/C37H35N3O6/c1-45-31-18-14-26(15-19-31)33(41)25-46-37(44)29-12-16-30(17-13-29)40-34(42)24-32(36(40)43)38-20-22-39(23-21-38)35(27-8-4-2-5-9-27)28-10-6-3-7-11-28/h2-19,32,35H,20-25H2,1H3. The Morgan fingerprint density at radius 1 is 0.739 bits per heavy atom. The van der Waals surface area contributed by atoms with E-state index in [2.05, 4.69) is 58.3 Å². The normalized spacial score (nSPS) is 17.3. The molecular formula is C37H35N3O6. The molecule has 46 heavy (non-hydrogen) atoms. The highest BCUT2D eigenvalue weighted by atomic mass is 16.5. The number of nitrogens with zero attached hydrogens (tertiary/aromatic N) is 3. The summed E-state index contributed by atoms with van der Waals surface area (Å²) in [5, 5.41) is 0. The van der Waals surface area contributed by atoms with Crippen LogP contribution in [0.3, 0.4) is 0 Å². The summed E-state index contributed by atoms with van der Waals surface area (Å²) in [6.45, 7) is 2.41. The van der Waals surface area contributed by atoms with Gasteiger partial charge in [0.05, 0.1) is 36.9 Å². The van der Waals surface area contributed by atoms with Crippen molar-refractivity contribution in [2.45, 2.75) is 18.5 Å². The van der Waals surface area contributed by atoms with Crippen molar-refractivity contribution < 1.29 is 28.7 Å². The molecule has 234 valence electrons. The topological polar surface area (TPSA) is 96.5 Å². The van der Waals surface area contributed by atoms with E-state index in [1.54, 1.807) is 36.4 Å². The third-order valence-corrected chi connectivity index (χ3v) is 8.62. The van der Waals surface area contributed by atoms with Crippen LogP contribution in [0.5, 0.6) is 5.75 Å². The number of ketones is 1. The van der Waals surface area contributed by atoms with Gasteiger partial charge in [0.2, 0.25) is 5.91 Å². The molecule has 4 aromatic carbocycles. The van der Waals surface area contributed by atoms with Gasteiger partial charge in [-0.25, -0.2) is 9.69 Å². The minimum absolute atomic E-state index is 0.104. The molecule has 1 unspecified atom stereocenters. The zero-order chi connectivity index (χ0) is 32.0. The van der Waals surface area contributed by atoms with Crippen LogP contribution < -0.4 is 9.64 Å². The van der Waals surface area contributed by atoms with Crippen molar-refractivity contribution in [2.24, 2.45) is 0 Å². The second-order valence-electron chi connectivity index (χ2n) is 11.4. The fourth-order valence-electron chi connectivity index (χ4n) is 6.19. The predicted octanol–water partition coefficient (Wildman–Crippen LogP) is 4.77. The number of ether oxygens (including phenoxy) is 2. The summed E-state index contributed by atoms with van der Waals surface area (Å²) in [6, 6.07) is 33.1. The number of hydrogen-bond donors (Lipinski definition) is 0. The summed E-state index contributed by atoms with van der Waals surface area (Å²) in [5.74, 6) is -0.935. The number of benzene rings is 4. The molecule has 0 radical (unpaired) electrons. The van der Waals surface area contributed by atoms with Crippen molar-refractivity contribution in [2.75, 3.05) is 44.8 Å². The molecule has 4 aromatic rings. The average Bonchev–Trinajstić information content (AvgIpc) is 3.41. The fraction of sp³-hybridized carbons (Fsp3) is 0.243. The minimum Gasteiger partial charge on any atom is -0.497 e. The molecule has 2 aliphatic heterocycles. The molecule has 0 spiro atoms. The van der Waals surface area contributed by atoms with Gasteiger partial charge in [-0.3, -0.25) is 24.2 Å². The lowest BCUT2D eigenvalue weighted by atomic mass is 9.96. The van der Waals surface area contributed by atoms with Gasteiger partial charge in [0, 0.05) is 31.7 Å². The van der Waals surface area contributed by atoms with Gasteiger partial charge in [0.1, 0.15) is 5.75 Å². The van der Waals surface area contributed by atoms with E-state index in [0.717, 1.165) is 13.1 Å². The highest BCUT2D eigenvalue weighted by molar-refractivity contribution is 6.22. The van der Waals surface area contributed by atoms with Crippen LogP contribution in [0.2, 0.25) is 0 Å². The van der Waals surface area contributed by atoms with E-state index in [4.69, 9.17) is 9.47 Å². The van der Waals surface area contributed by atoms with E-state index >= 15 is 0 Å². The highest BCUT2D eigenvalue weighted by Gasteiger charge is 2.43. The van der Waals surface area contributed by atoms with Crippen LogP contribution in [-0.4, -0.2) is 79.3 Å². The summed E-state index contributed by atoms with van der Waals surface area (Å²) in [7, 11) is 1.54. The minimum atomic E-state index is -0.674. The van der Waals surface area contributed by atoms with Gasteiger partial charge < -0.3 is 9.47 Å². The van der Waals surface area contributed by atoms with Crippen LogP contribution in [-0.2, 0) is 14.3 Å². The van der Waals surface area contributed by atoms with E-state index < -0.39 is 18.6 Å². The van der Waals surface area contributed by atoms with Crippen LogP contribution in [0.15, 0.2) is 109 Å². The van der Waals surface area contributed by atoms with Crippen LogP contribution in [0.1, 0.15) is 44.3 Å². The lowest BCUT2D eigenvalue weighted by Crippen LogP contribution is -2.53. The van der Waals surface area contributed by atoms with Crippen molar-refractivity contribution in [3.63, 3.8) is 0 Å². The van der Waals surface area contributed by atoms with Crippen molar-refractivity contribution in [3.05, 3.63) is 131 Å². The largest absolute Gasteiger partial charge is 0.497 e. The molecule has 0 saturated carbocycles. The van der Waals surface area contributed by atoms with E-state index in [0.29, 0.717) is 30.1 Å². The number of carbonyl (C=O) groups excluding carboxylic acids is 4. The Bertz CT molecular complexity index is 1650. The first-order valence-corrected chi connectivity index (χ1v) is 15.3. The lowest BCUT2D eigenvalue weighted by molar-refractivity contribution is -0.123. The van der Waals surface area contributed by atoms with Crippen molar-refractivity contribution in [1.29, 1.82) is 0 Å². The Kier molecular flexibility index (Phi) is 9.33. The number of imide groups is 1. The first-order chi connectivity index (χ1) is 22.4. The number of methoxy groups -OCH3 is 1. The second kappa shape index (κ2) is 13.9. The van der Waals surface area contributed by atoms with E-state index in [1.165, 1.54) is 35.3 Å². The molecule has 6 rings (SSSR count). The SMILES string of the molecule is COc1ccc(C(=O)COC(=O)c2ccc(N3C(=O)CC(N4CCN(C(c5ccccc5)c5ccccc5)CC4)C3=O)cc2)cc1. The molecule has 9 heteroatoms. The average molecular weight is 618 g/mol. The molecule has 2 aliphatic rings. The van der Waals surface area contributed by atoms with Crippen LogP contribution in [0.25, 0.3) is 0 Å². The molecule has 0 aliphatic carbocycles. The molecule has 0 N–H and O–H groups in total. The van der Waals surface area contributed by atoms with E-state index in [-0.39, 0.29) is 35.6 Å². The first kappa shape index (κ1) is 30.9. The van der Waals surface area contributed by atoms with E-state index in [1.807, 2.05) is 12.1 Å². The first-order valence-electron chi connectivity index (χ1n) is 15.3. The molecule has 2 amide bonds. The van der Waals surface area contributed by atoms with Gasteiger partial charge in [-0.15, -0.1) is 0 Å². The summed E-state index contributed by atoms with van der Waals surface area (Å²) in [4.78, 5) is 57.4. The summed E-state index contributed by atoms with van der Waals surface area (Å²) in [6.07, 6.45) is 0.108. The molecule has 1 atom stereocenters. The van der Waals surface area contributed by atoms with Crippen molar-refractivity contribution >= 4 is 29.3 Å². The van der Waals surface area contributed by atoms with Crippen LogP contribution in [0, 0.1) is 0 Å². The molecule has 2 heterocycles. The van der Waals surface area contributed by atoms with Gasteiger partial charge in [-0.05, 0) is 59.7 Å². The number of Topliss-reactive ketones (excluding diaryl/α,β-unsaturated/α-hetero) is 1. The maximum atomic E-state index is 13.6. The quantitative estimate of drug-likeness (QED) is 0.143. The third-order valence-electron chi connectivity index (χ3n) is 8.62. The number of carbonyl (C=O) groups is 4. The molecule has 0 aromatic heterocycles. The monoisotopic (exact) mass is 617 g/mol. The number of rotatable bonds is 10. The number of piperazine rings is 1. The zero-order valence-electron chi connectivity index (χ0n) is 25.6. The fourth-order valence-corrected chi connectivity index (χ4v) is 6.19. The Hall–Kier alpha value is -5.12. The molecule has 2 saturated heterocycles. The number of anilines is 1. The van der Waals surface area contributed by atoms with Crippen molar-refractivity contribution in [3.8, 4) is 5.75 Å². The smallest absolute Gasteiger partial charge is 0.338 e. The summed E-state index contributed by atoms with van der Waals surface area (Å²) < 4.78 is 10.3. The van der Waals surface area contributed by atoms with Crippen LogP contribution >= 0.6 is 0 Å². The van der Waals surface area contributed by atoms with Crippen molar-refractivity contribution in [1.82, 2.24) is 9.80 Å². The Morgan fingerprint density at radius 2 is 1.30 bits per heavy atom. The van der Waals surface area contributed by atoms with Gasteiger partial charge in [0.25, 0.3) is 5.91 Å². The molecular weight excluding hydrogens is 582 g/mol. The number of hydrogen-bond acceptors (Lipinski definition) is 8. The third kappa shape index (κ3) is 6.61. The Morgan fingerprint density at radius 3 is 1.87 bits per heavy atom. The second-order valence-corrected chi connectivity index (χ2v) is 11.4.